The Morgan fingerprint density at radius 2 is 2.10 bits per heavy atom. The molecule has 0 aromatic carbocycles. The number of aromatic nitrogens is 3. The SMILES string of the molecule is Cc1ccc(C(C)Nc2cnc3c(c2)c(C)nn3C)s1. The number of thiophene rings is 1. The second-order valence-electron chi connectivity index (χ2n) is 5.12. The third kappa shape index (κ3) is 2.29. The molecule has 0 radical (unpaired) electrons. The molecule has 1 atom stereocenters. The van der Waals surface area contributed by atoms with E-state index in [2.05, 4.69) is 47.4 Å². The summed E-state index contributed by atoms with van der Waals surface area (Å²) in [6.45, 7) is 6.32. The zero-order valence-corrected chi connectivity index (χ0v) is 13.0. The lowest BCUT2D eigenvalue weighted by Crippen LogP contribution is -2.05. The lowest BCUT2D eigenvalue weighted by Gasteiger charge is -2.13. The minimum atomic E-state index is 0.282. The first-order valence-corrected chi connectivity index (χ1v) is 7.48. The highest BCUT2D eigenvalue weighted by Crippen LogP contribution is 2.27. The Balaban J connectivity index is 1.89. The van der Waals surface area contributed by atoms with Crippen LogP contribution in [-0.4, -0.2) is 14.8 Å². The Morgan fingerprint density at radius 3 is 2.80 bits per heavy atom. The van der Waals surface area contributed by atoms with Gasteiger partial charge in [-0.1, -0.05) is 0 Å². The summed E-state index contributed by atoms with van der Waals surface area (Å²) in [6.07, 6.45) is 1.88. The molecule has 3 rings (SSSR count). The fourth-order valence-corrected chi connectivity index (χ4v) is 3.27. The van der Waals surface area contributed by atoms with E-state index in [9.17, 15) is 0 Å². The number of fused-ring (bicyclic) bond motifs is 1. The monoisotopic (exact) mass is 286 g/mol. The second-order valence-corrected chi connectivity index (χ2v) is 6.44. The Morgan fingerprint density at radius 1 is 1.30 bits per heavy atom. The highest BCUT2D eigenvalue weighted by Gasteiger charge is 2.10. The van der Waals surface area contributed by atoms with Crippen molar-refractivity contribution >= 4 is 28.1 Å². The van der Waals surface area contributed by atoms with Crippen molar-refractivity contribution in [1.29, 1.82) is 0 Å². The summed E-state index contributed by atoms with van der Waals surface area (Å²) in [4.78, 5) is 7.17. The van der Waals surface area contributed by atoms with Crippen LogP contribution in [0.4, 0.5) is 5.69 Å². The van der Waals surface area contributed by atoms with Crippen LogP contribution in [0.15, 0.2) is 24.4 Å². The number of rotatable bonds is 3. The summed E-state index contributed by atoms with van der Waals surface area (Å²) in [7, 11) is 1.92. The van der Waals surface area contributed by atoms with Gasteiger partial charge in [-0.15, -0.1) is 11.3 Å². The van der Waals surface area contributed by atoms with Crippen LogP contribution in [0, 0.1) is 13.8 Å². The first-order chi connectivity index (χ1) is 9.54. The molecule has 0 saturated carbocycles. The van der Waals surface area contributed by atoms with Gasteiger partial charge in [-0.3, -0.25) is 4.68 Å². The van der Waals surface area contributed by atoms with Gasteiger partial charge in [0.25, 0.3) is 0 Å². The third-order valence-corrected chi connectivity index (χ3v) is 4.62. The molecule has 0 aliphatic heterocycles. The van der Waals surface area contributed by atoms with Gasteiger partial charge in [0, 0.05) is 22.2 Å². The maximum absolute atomic E-state index is 4.49. The molecule has 20 heavy (non-hydrogen) atoms. The standard InChI is InChI=1S/C15H18N4S/c1-9-5-6-14(20-9)11(3)17-12-7-13-10(2)18-19(4)15(13)16-8-12/h5-8,11,17H,1-4H3. The summed E-state index contributed by atoms with van der Waals surface area (Å²) in [6, 6.07) is 6.75. The number of anilines is 1. The minimum Gasteiger partial charge on any atom is -0.376 e. The molecule has 104 valence electrons. The van der Waals surface area contributed by atoms with Crippen LogP contribution < -0.4 is 5.32 Å². The lowest BCUT2D eigenvalue weighted by atomic mass is 10.2. The summed E-state index contributed by atoms with van der Waals surface area (Å²) in [5.74, 6) is 0. The van der Waals surface area contributed by atoms with Gasteiger partial charge in [0.1, 0.15) is 0 Å². The molecule has 0 aliphatic rings. The normalized spacial score (nSPS) is 12.8. The first kappa shape index (κ1) is 13.1. The van der Waals surface area contributed by atoms with E-state index in [-0.39, 0.29) is 6.04 Å². The van der Waals surface area contributed by atoms with Gasteiger partial charge < -0.3 is 5.32 Å². The molecule has 3 aromatic heterocycles. The Labute approximate surface area is 122 Å². The number of pyridine rings is 1. The Hall–Kier alpha value is -1.88. The minimum absolute atomic E-state index is 0.282. The molecule has 0 spiro atoms. The van der Waals surface area contributed by atoms with Crippen molar-refractivity contribution in [3.8, 4) is 0 Å². The molecular weight excluding hydrogens is 268 g/mol. The third-order valence-electron chi connectivity index (χ3n) is 3.43. The maximum Gasteiger partial charge on any atom is 0.157 e. The maximum atomic E-state index is 4.49. The number of aryl methyl sites for hydroxylation is 3. The van der Waals surface area contributed by atoms with Crippen molar-refractivity contribution < 1.29 is 0 Å². The average molecular weight is 286 g/mol. The topological polar surface area (TPSA) is 42.7 Å². The van der Waals surface area contributed by atoms with Crippen molar-refractivity contribution in [3.63, 3.8) is 0 Å². The van der Waals surface area contributed by atoms with Gasteiger partial charge in [0.2, 0.25) is 0 Å². The van der Waals surface area contributed by atoms with Crippen molar-refractivity contribution in [1.82, 2.24) is 14.8 Å². The fraction of sp³-hybridized carbons (Fsp3) is 0.333. The van der Waals surface area contributed by atoms with Gasteiger partial charge in [-0.2, -0.15) is 5.10 Å². The largest absolute Gasteiger partial charge is 0.376 e. The molecule has 0 aliphatic carbocycles. The van der Waals surface area contributed by atoms with E-state index < -0.39 is 0 Å². The first-order valence-electron chi connectivity index (χ1n) is 6.67. The summed E-state index contributed by atoms with van der Waals surface area (Å²) < 4.78 is 1.82. The van der Waals surface area contributed by atoms with Crippen LogP contribution in [0.2, 0.25) is 0 Å². The van der Waals surface area contributed by atoms with Gasteiger partial charge in [0.05, 0.1) is 23.6 Å². The van der Waals surface area contributed by atoms with E-state index in [0.29, 0.717) is 0 Å². The van der Waals surface area contributed by atoms with Gasteiger partial charge in [-0.05, 0) is 39.0 Å². The van der Waals surface area contributed by atoms with E-state index >= 15 is 0 Å². The molecule has 1 unspecified atom stereocenters. The van der Waals surface area contributed by atoms with Gasteiger partial charge in [0.15, 0.2) is 5.65 Å². The van der Waals surface area contributed by atoms with E-state index in [4.69, 9.17) is 0 Å². The predicted octanol–water partition coefficient (Wildman–Crippen LogP) is 3.82. The zero-order valence-electron chi connectivity index (χ0n) is 12.1. The molecule has 0 saturated heterocycles. The fourth-order valence-electron chi connectivity index (χ4n) is 2.39. The highest BCUT2D eigenvalue weighted by molar-refractivity contribution is 7.12. The van der Waals surface area contributed by atoms with Crippen LogP contribution in [0.5, 0.6) is 0 Å². The molecule has 3 aromatic rings. The van der Waals surface area contributed by atoms with Crippen LogP contribution in [0.1, 0.15) is 28.4 Å². The lowest BCUT2D eigenvalue weighted by molar-refractivity contribution is 0.774. The second kappa shape index (κ2) is 4.90. The summed E-state index contributed by atoms with van der Waals surface area (Å²) in [5, 5.41) is 9.02. The smallest absolute Gasteiger partial charge is 0.157 e. The Bertz CT molecular complexity index is 756. The van der Waals surface area contributed by atoms with E-state index in [1.807, 2.05) is 36.2 Å². The van der Waals surface area contributed by atoms with Crippen LogP contribution >= 0.6 is 11.3 Å². The Kier molecular flexibility index (Phi) is 3.22. The van der Waals surface area contributed by atoms with E-state index in [0.717, 1.165) is 22.4 Å². The molecule has 1 N–H and O–H groups in total. The number of hydrogen-bond acceptors (Lipinski definition) is 4. The number of nitrogens with one attached hydrogen (secondary N) is 1. The van der Waals surface area contributed by atoms with Crippen molar-refractivity contribution in [2.45, 2.75) is 26.8 Å². The van der Waals surface area contributed by atoms with Gasteiger partial charge in [-0.25, -0.2) is 4.98 Å². The average Bonchev–Trinajstić information content (AvgIpc) is 2.95. The summed E-state index contributed by atoms with van der Waals surface area (Å²) in [5.41, 5.74) is 2.97. The molecule has 0 amide bonds. The van der Waals surface area contributed by atoms with Crippen molar-refractivity contribution in [3.05, 3.63) is 39.8 Å². The van der Waals surface area contributed by atoms with Crippen molar-refractivity contribution in [2.24, 2.45) is 7.05 Å². The van der Waals surface area contributed by atoms with Crippen LogP contribution in [0.25, 0.3) is 11.0 Å². The number of nitrogens with zero attached hydrogens (tertiary/aromatic N) is 3. The molecule has 5 heteroatoms. The van der Waals surface area contributed by atoms with E-state index in [1.54, 1.807) is 0 Å². The molecular formula is C15H18N4S. The predicted molar refractivity (Wildman–Crippen MR) is 84.3 cm³/mol. The van der Waals surface area contributed by atoms with Gasteiger partial charge >= 0.3 is 0 Å². The summed E-state index contributed by atoms with van der Waals surface area (Å²) >= 11 is 1.83. The van der Waals surface area contributed by atoms with Crippen LogP contribution in [-0.2, 0) is 7.05 Å². The molecule has 0 fully saturated rings. The highest BCUT2D eigenvalue weighted by atomic mass is 32.1. The molecule has 0 bridgehead atoms. The quantitative estimate of drug-likeness (QED) is 0.796. The van der Waals surface area contributed by atoms with Crippen LogP contribution in [0.3, 0.4) is 0 Å². The molecule has 4 nitrogen and oxygen atoms in total. The number of hydrogen-bond donors (Lipinski definition) is 1. The molecule has 3 heterocycles. The van der Waals surface area contributed by atoms with Crippen molar-refractivity contribution in [2.75, 3.05) is 5.32 Å². The van der Waals surface area contributed by atoms with E-state index in [1.165, 1.54) is 9.75 Å². The zero-order chi connectivity index (χ0) is 14.3.